The minimum absolute atomic E-state index is 0.248. The van der Waals surface area contributed by atoms with Gasteiger partial charge in [0, 0.05) is 40.7 Å². The fourth-order valence-electron chi connectivity index (χ4n) is 3.78. The second-order valence-electron chi connectivity index (χ2n) is 6.06. The van der Waals surface area contributed by atoms with Crippen molar-refractivity contribution < 1.29 is 9.53 Å². The van der Waals surface area contributed by atoms with Crippen LogP contribution in [0.1, 0.15) is 26.2 Å². The number of ether oxygens (including phenoxy) is 1. The lowest BCUT2D eigenvalue weighted by Crippen LogP contribution is -2.47. The Kier molecular flexibility index (Phi) is 2.99. The third-order valence-corrected chi connectivity index (χ3v) is 4.96. The first-order chi connectivity index (χ1) is 10.7. The molecule has 4 nitrogen and oxygen atoms in total. The van der Waals surface area contributed by atoms with Gasteiger partial charge in [0.2, 0.25) is 5.91 Å². The molecular formula is C18H20N2O2. The van der Waals surface area contributed by atoms with Gasteiger partial charge in [0.05, 0.1) is 12.5 Å². The topological polar surface area (TPSA) is 45.3 Å². The second-order valence-corrected chi connectivity index (χ2v) is 6.06. The molecule has 1 atom stereocenters. The molecule has 1 amide bonds. The summed E-state index contributed by atoms with van der Waals surface area (Å²) in [6.07, 6.45) is 4.85. The average molecular weight is 296 g/mol. The van der Waals surface area contributed by atoms with Gasteiger partial charge in [-0.2, -0.15) is 0 Å². The summed E-state index contributed by atoms with van der Waals surface area (Å²) in [5.41, 5.74) is 2.29. The van der Waals surface area contributed by atoms with E-state index in [9.17, 15) is 4.79 Å². The van der Waals surface area contributed by atoms with E-state index in [-0.39, 0.29) is 5.91 Å². The van der Waals surface area contributed by atoms with Crippen LogP contribution >= 0.6 is 0 Å². The van der Waals surface area contributed by atoms with Crippen molar-refractivity contribution in [2.24, 2.45) is 5.92 Å². The van der Waals surface area contributed by atoms with Crippen LogP contribution in [-0.2, 0) is 4.79 Å². The number of aromatic amines is 1. The Balaban J connectivity index is 2.06. The molecule has 0 saturated carbocycles. The van der Waals surface area contributed by atoms with Crippen LogP contribution in [0.5, 0.6) is 5.75 Å². The molecule has 1 saturated heterocycles. The first kappa shape index (κ1) is 13.4. The zero-order valence-corrected chi connectivity index (χ0v) is 13.0. The number of piperidine rings is 1. The summed E-state index contributed by atoms with van der Waals surface area (Å²) in [6, 6.07) is 6.09. The normalized spacial score (nSPS) is 20.6. The highest BCUT2D eigenvalue weighted by atomic mass is 16.5. The molecule has 1 N–H and O–H groups in total. The fraction of sp³-hybridized carbons (Fsp3) is 0.389. The Morgan fingerprint density at radius 1 is 1.41 bits per heavy atom. The molecular weight excluding hydrogens is 276 g/mol. The Morgan fingerprint density at radius 2 is 2.27 bits per heavy atom. The van der Waals surface area contributed by atoms with E-state index >= 15 is 0 Å². The van der Waals surface area contributed by atoms with E-state index in [4.69, 9.17) is 4.74 Å². The summed E-state index contributed by atoms with van der Waals surface area (Å²) in [5, 5.41) is 3.51. The summed E-state index contributed by atoms with van der Waals surface area (Å²) in [5.74, 6) is 1.57. The maximum atomic E-state index is 12.3. The monoisotopic (exact) mass is 296 g/mol. The van der Waals surface area contributed by atoms with Gasteiger partial charge >= 0.3 is 0 Å². The molecule has 22 heavy (non-hydrogen) atoms. The lowest BCUT2D eigenvalue weighted by Gasteiger charge is -2.35. The number of hydrogen-bond donors (Lipinski definition) is 1. The van der Waals surface area contributed by atoms with Crippen LogP contribution < -0.4 is 15.3 Å². The van der Waals surface area contributed by atoms with Gasteiger partial charge < -0.3 is 14.6 Å². The number of hydrogen-bond acceptors (Lipinski definition) is 2. The molecule has 0 aliphatic carbocycles. The number of aromatic nitrogens is 1. The highest BCUT2D eigenvalue weighted by molar-refractivity contribution is 5.89. The highest BCUT2D eigenvalue weighted by Crippen LogP contribution is 2.31. The zero-order valence-electron chi connectivity index (χ0n) is 13.0. The number of nitrogens with zero attached hydrogens (tertiary/aromatic N) is 1. The van der Waals surface area contributed by atoms with Crippen molar-refractivity contribution in [3.05, 3.63) is 28.8 Å². The number of rotatable bonds is 2. The Hall–Kier alpha value is -2.23. The molecule has 0 bridgehead atoms. The SMILES string of the molecule is CCC1CCC(=O)N2CC=c3c([nH]c4ccc(OC)cc34)=C12. The van der Waals surface area contributed by atoms with Crippen molar-refractivity contribution in [2.75, 3.05) is 13.7 Å². The zero-order chi connectivity index (χ0) is 15.3. The molecule has 1 unspecified atom stereocenters. The quantitative estimate of drug-likeness (QED) is 0.917. The number of amides is 1. The largest absolute Gasteiger partial charge is 0.497 e. The third-order valence-electron chi connectivity index (χ3n) is 4.96. The lowest BCUT2D eigenvalue weighted by atomic mass is 9.89. The molecule has 3 heterocycles. The third kappa shape index (κ3) is 1.79. The van der Waals surface area contributed by atoms with Crippen LogP contribution in [0.3, 0.4) is 0 Å². The molecule has 2 aliphatic rings. The Bertz CT molecular complexity index is 878. The summed E-state index contributed by atoms with van der Waals surface area (Å²) >= 11 is 0. The minimum Gasteiger partial charge on any atom is -0.497 e. The van der Waals surface area contributed by atoms with Gasteiger partial charge in [0.15, 0.2) is 0 Å². The van der Waals surface area contributed by atoms with Crippen LogP contribution in [0.2, 0.25) is 0 Å². The molecule has 4 rings (SSSR count). The first-order valence-corrected chi connectivity index (χ1v) is 7.93. The molecule has 1 aromatic heterocycles. The van der Waals surface area contributed by atoms with Gasteiger partial charge in [-0.15, -0.1) is 0 Å². The molecule has 0 radical (unpaired) electrons. The summed E-state index contributed by atoms with van der Waals surface area (Å²) in [6.45, 7) is 2.89. The molecule has 1 aromatic carbocycles. The Labute approximate surface area is 129 Å². The van der Waals surface area contributed by atoms with E-state index in [0.717, 1.165) is 29.5 Å². The maximum absolute atomic E-state index is 12.3. The van der Waals surface area contributed by atoms with Crippen molar-refractivity contribution in [3.8, 4) is 5.75 Å². The number of methoxy groups -OCH3 is 1. The highest BCUT2D eigenvalue weighted by Gasteiger charge is 2.32. The Morgan fingerprint density at radius 3 is 3.05 bits per heavy atom. The lowest BCUT2D eigenvalue weighted by molar-refractivity contribution is -0.129. The van der Waals surface area contributed by atoms with Crippen molar-refractivity contribution in [1.82, 2.24) is 9.88 Å². The molecule has 0 spiro atoms. The van der Waals surface area contributed by atoms with E-state index in [2.05, 4.69) is 30.1 Å². The minimum atomic E-state index is 0.248. The summed E-state index contributed by atoms with van der Waals surface area (Å²) in [4.78, 5) is 17.8. The van der Waals surface area contributed by atoms with E-state index < -0.39 is 0 Å². The fourth-order valence-corrected chi connectivity index (χ4v) is 3.78. The molecule has 114 valence electrons. The predicted molar refractivity (Wildman–Crippen MR) is 86.7 cm³/mol. The summed E-state index contributed by atoms with van der Waals surface area (Å²) in [7, 11) is 1.69. The second kappa shape index (κ2) is 4.90. The predicted octanol–water partition coefficient (Wildman–Crippen LogP) is 1.73. The van der Waals surface area contributed by atoms with Crippen LogP contribution in [-0.4, -0.2) is 29.4 Å². The van der Waals surface area contributed by atoms with Gasteiger partial charge in [0.1, 0.15) is 5.75 Å². The smallest absolute Gasteiger partial charge is 0.227 e. The van der Waals surface area contributed by atoms with Gasteiger partial charge in [-0.05, 0) is 31.0 Å². The van der Waals surface area contributed by atoms with E-state index in [1.807, 2.05) is 11.0 Å². The molecule has 2 aromatic rings. The van der Waals surface area contributed by atoms with Gasteiger partial charge in [0.25, 0.3) is 0 Å². The van der Waals surface area contributed by atoms with Crippen LogP contribution in [0.15, 0.2) is 18.2 Å². The molecule has 1 fully saturated rings. The van der Waals surface area contributed by atoms with Crippen LogP contribution in [0.4, 0.5) is 0 Å². The number of fused-ring (bicyclic) bond motifs is 4. The van der Waals surface area contributed by atoms with Crippen molar-refractivity contribution in [1.29, 1.82) is 0 Å². The van der Waals surface area contributed by atoms with E-state index in [1.165, 1.54) is 16.3 Å². The number of H-pyrrole nitrogens is 1. The van der Waals surface area contributed by atoms with Gasteiger partial charge in [-0.3, -0.25) is 4.79 Å². The standard InChI is InChI=1S/C18H20N2O2/c1-3-11-4-7-16(21)20-9-8-13-14-10-12(22-2)5-6-15(14)19-17(13)18(11)20/h5-6,8,10-11,19H,3-4,7,9H2,1-2H3. The van der Waals surface area contributed by atoms with Crippen molar-refractivity contribution in [3.63, 3.8) is 0 Å². The van der Waals surface area contributed by atoms with E-state index in [0.29, 0.717) is 18.9 Å². The average Bonchev–Trinajstić information content (AvgIpc) is 2.93. The van der Waals surface area contributed by atoms with Crippen molar-refractivity contribution >= 4 is 28.6 Å². The van der Waals surface area contributed by atoms with Crippen molar-refractivity contribution in [2.45, 2.75) is 26.2 Å². The number of nitrogens with one attached hydrogen (secondary N) is 1. The van der Waals surface area contributed by atoms with Gasteiger partial charge in [-0.1, -0.05) is 13.0 Å². The molecule has 4 heteroatoms. The van der Waals surface area contributed by atoms with Gasteiger partial charge in [-0.25, -0.2) is 0 Å². The number of benzene rings is 1. The maximum Gasteiger partial charge on any atom is 0.227 e. The van der Waals surface area contributed by atoms with Crippen LogP contribution in [0.25, 0.3) is 22.7 Å². The first-order valence-electron chi connectivity index (χ1n) is 7.93. The summed E-state index contributed by atoms with van der Waals surface area (Å²) < 4.78 is 5.35. The number of carbonyl (C=O) groups is 1. The van der Waals surface area contributed by atoms with Crippen LogP contribution in [0, 0.1) is 5.92 Å². The number of carbonyl (C=O) groups excluding carboxylic acids is 1. The van der Waals surface area contributed by atoms with E-state index in [1.54, 1.807) is 7.11 Å². The molecule has 2 aliphatic heterocycles.